The zero-order valence-corrected chi connectivity index (χ0v) is 10.3. The molecule has 0 saturated heterocycles. The van der Waals surface area contributed by atoms with Gasteiger partial charge in [-0.1, -0.05) is 36.3 Å². The first-order chi connectivity index (χ1) is 8.63. The van der Waals surface area contributed by atoms with Crippen molar-refractivity contribution in [3.8, 4) is 12.3 Å². The van der Waals surface area contributed by atoms with Gasteiger partial charge in [-0.25, -0.2) is 0 Å². The molecule has 0 heterocycles. The normalized spacial score (nSPS) is 11.1. The summed E-state index contributed by atoms with van der Waals surface area (Å²) < 4.78 is 0. The topological polar surface area (TPSA) is 58.2 Å². The molecule has 0 aromatic heterocycles. The van der Waals surface area contributed by atoms with E-state index in [1.807, 2.05) is 30.3 Å². The first kappa shape index (κ1) is 13.8. The number of rotatable bonds is 5. The van der Waals surface area contributed by atoms with E-state index in [4.69, 9.17) is 6.42 Å². The molecule has 0 spiro atoms. The summed E-state index contributed by atoms with van der Waals surface area (Å²) in [4.78, 5) is 22.9. The summed E-state index contributed by atoms with van der Waals surface area (Å²) in [5.74, 6) is 1.81. The Balaban J connectivity index is 2.69. The monoisotopic (exact) mass is 244 g/mol. The van der Waals surface area contributed by atoms with Crippen LogP contribution in [0.5, 0.6) is 0 Å². The molecule has 0 unspecified atom stereocenters. The molecule has 0 radical (unpaired) electrons. The van der Waals surface area contributed by atoms with Gasteiger partial charge in [-0.3, -0.25) is 9.59 Å². The maximum Gasteiger partial charge on any atom is 0.243 e. The number of hydrogen-bond donors (Lipinski definition) is 2. The highest BCUT2D eigenvalue weighted by atomic mass is 16.2. The van der Waals surface area contributed by atoms with E-state index in [1.54, 1.807) is 0 Å². The SMILES string of the molecule is C#CCNC(=O)[C@H](Cc1ccccc1)NC(C)=O. The highest BCUT2D eigenvalue weighted by Gasteiger charge is 2.19. The molecule has 0 aliphatic heterocycles. The van der Waals surface area contributed by atoms with Crippen LogP contribution in [0.25, 0.3) is 0 Å². The maximum atomic E-state index is 11.8. The minimum Gasteiger partial charge on any atom is -0.344 e. The van der Waals surface area contributed by atoms with E-state index < -0.39 is 6.04 Å². The van der Waals surface area contributed by atoms with Crippen molar-refractivity contribution in [1.82, 2.24) is 10.6 Å². The molecule has 0 aliphatic rings. The summed E-state index contributed by atoms with van der Waals surface area (Å²) in [5, 5.41) is 5.19. The van der Waals surface area contributed by atoms with Crippen LogP contribution >= 0.6 is 0 Å². The Kier molecular flexibility index (Phi) is 5.46. The van der Waals surface area contributed by atoms with E-state index >= 15 is 0 Å². The van der Waals surface area contributed by atoms with Crippen LogP contribution in [-0.4, -0.2) is 24.4 Å². The molecule has 4 heteroatoms. The van der Waals surface area contributed by atoms with Gasteiger partial charge in [0.25, 0.3) is 0 Å². The Morgan fingerprint density at radius 1 is 1.33 bits per heavy atom. The molecule has 18 heavy (non-hydrogen) atoms. The Hall–Kier alpha value is -2.28. The van der Waals surface area contributed by atoms with Gasteiger partial charge in [-0.15, -0.1) is 6.42 Å². The molecule has 0 fully saturated rings. The van der Waals surface area contributed by atoms with Crippen LogP contribution in [0, 0.1) is 12.3 Å². The molecule has 0 bridgehead atoms. The zero-order valence-electron chi connectivity index (χ0n) is 10.3. The quantitative estimate of drug-likeness (QED) is 0.740. The predicted molar refractivity (Wildman–Crippen MR) is 69.6 cm³/mol. The van der Waals surface area contributed by atoms with Crippen LogP contribution in [-0.2, 0) is 16.0 Å². The number of amides is 2. The van der Waals surface area contributed by atoms with Gasteiger partial charge >= 0.3 is 0 Å². The van der Waals surface area contributed by atoms with Gasteiger partial charge in [0.05, 0.1) is 6.54 Å². The van der Waals surface area contributed by atoms with Crippen molar-refractivity contribution >= 4 is 11.8 Å². The first-order valence-corrected chi connectivity index (χ1v) is 5.65. The molecule has 4 nitrogen and oxygen atoms in total. The number of carbonyl (C=O) groups excluding carboxylic acids is 2. The molecule has 1 rings (SSSR count). The van der Waals surface area contributed by atoms with E-state index in [1.165, 1.54) is 6.92 Å². The lowest BCUT2D eigenvalue weighted by Gasteiger charge is -2.16. The molecule has 94 valence electrons. The second-order valence-corrected chi connectivity index (χ2v) is 3.86. The molecule has 2 amide bonds. The number of hydrogen-bond acceptors (Lipinski definition) is 2. The Labute approximate surface area is 107 Å². The number of benzene rings is 1. The largest absolute Gasteiger partial charge is 0.344 e. The van der Waals surface area contributed by atoms with Gasteiger partial charge in [-0.05, 0) is 5.56 Å². The molecular formula is C14H16N2O2. The summed E-state index contributed by atoms with van der Waals surface area (Å²) in [5.41, 5.74) is 0.979. The average molecular weight is 244 g/mol. The summed E-state index contributed by atoms with van der Waals surface area (Å²) in [6.45, 7) is 1.54. The maximum absolute atomic E-state index is 11.8. The fourth-order valence-corrected chi connectivity index (χ4v) is 1.57. The van der Waals surface area contributed by atoms with Gasteiger partial charge < -0.3 is 10.6 Å². The third-order valence-corrected chi connectivity index (χ3v) is 2.34. The summed E-state index contributed by atoms with van der Waals surface area (Å²) in [6.07, 6.45) is 5.52. The third-order valence-electron chi connectivity index (χ3n) is 2.34. The van der Waals surface area contributed by atoms with Crippen LogP contribution in [0.2, 0.25) is 0 Å². The van der Waals surface area contributed by atoms with Crippen LogP contribution in [0.1, 0.15) is 12.5 Å². The number of carbonyl (C=O) groups is 2. The van der Waals surface area contributed by atoms with Crippen LogP contribution in [0.4, 0.5) is 0 Å². The van der Waals surface area contributed by atoms with Gasteiger partial charge in [0, 0.05) is 13.3 Å². The summed E-state index contributed by atoms with van der Waals surface area (Å²) >= 11 is 0. The second kappa shape index (κ2) is 7.13. The fourth-order valence-electron chi connectivity index (χ4n) is 1.57. The van der Waals surface area contributed by atoms with Crippen LogP contribution < -0.4 is 10.6 Å². The summed E-state index contributed by atoms with van der Waals surface area (Å²) in [7, 11) is 0. The van der Waals surface area contributed by atoms with Crippen molar-refractivity contribution in [2.45, 2.75) is 19.4 Å². The lowest BCUT2D eigenvalue weighted by atomic mass is 10.1. The lowest BCUT2D eigenvalue weighted by molar-refractivity contribution is -0.127. The molecule has 1 atom stereocenters. The molecule has 2 N–H and O–H groups in total. The van der Waals surface area contributed by atoms with E-state index in [9.17, 15) is 9.59 Å². The van der Waals surface area contributed by atoms with E-state index in [-0.39, 0.29) is 18.4 Å². The van der Waals surface area contributed by atoms with Crippen molar-refractivity contribution in [3.63, 3.8) is 0 Å². The van der Waals surface area contributed by atoms with E-state index in [0.29, 0.717) is 6.42 Å². The Morgan fingerprint density at radius 2 is 2.00 bits per heavy atom. The van der Waals surface area contributed by atoms with Gasteiger partial charge in [0.15, 0.2) is 0 Å². The highest BCUT2D eigenvalue weighted by molar-refractivity contribution is 5.87. The first-order valence-electron chi connectivity index (χ1n) is 5.65. The fraction of sp³-hybridized carbons (Fsp3) is 0.286. The number of terminal acetylenes is 1. The average Bonchev–Trinajstić information content (AvgIpc) is 2.36. The predicted octanol–water partition coefficient (Wildman–Crippen LogP) is 0.483. The van der Waals surface area contributed by atoms with Gasteiger partial charge in [-0.2, -0.15) is 0 Å². The molecule has 0 aliphatic carbocycles. The van der Waals surface area contributed by atoms with Gasteiger partial charge in [0.2, 0.25) is 11.8 Å². The standard InChI is InChI=1S/C14H16N2O2/c1-3-9-15-14(18)13(16-11(2)17)10-12-7-5-4-6-8-12/h1,4-8,13H,9-10H2,2H3,(H,15,18)(H,16,17)/t13-/m0/s1. The van der Waals surface area contributed by atoms with E-state index in [2.05, 4.69) is 16.6 Å². The minimum absolute atomic E-state index is 0.156. The Bertz CT molecular complexity index is 449. The highest BCUT2D eigenvalue weighted by Crippen LogP contribution is 2.03. The molecule has 1 aromatic carbocycles. The van der Waals surface area contributed by atoms with E-state index in [0.717, 1.165) is 5.56 Å². The van der Waals surface area contributed by atoms with Crippen LogP contribution in [0.15, 0.2) is 30.3 Å². The molecule has 0 saturated carbocycles. The van der Waals surface area contributed by atoms with Gasteiger partial charge in [0.1, 0.15) is 6.04 Å². The molecular weight excluding hydrogens is 228 g/mol. The van der Waals surface area contributed by atoms with Crippen molar-refractivity contribution in [3.05, 3.63) is 35.9 Å². The third kappa shape index (κ3) is 4.71. The van der Waals surface area contributed by atoms with Crippen molar-refractivity contribution in [2.24, 2.45) is 0 Å². The lowest BCUT2D eigenvalue weighted by Crippen LogP contribution is -2.47. The smallest absolute Gasteiger partial charge is 0.243 e. The van der Waals surface area contributed by atoms with Crippen molar-refractivity contribution in [1.29, 1.82) is 0 Å². The number of nitrogens with one attached hydrogen (secondary N) is 2. The summed E-state index contributed by atoms with van der Waals surface area (Å²) in [6, 6.07) is 8.89. The van der Waals surface area contributed by atoms with Crippen molar-refractivity contribution in [2.75, 3.05) is 6.54 Å². The van der Waals surface area contributed by atoms with Crippen molar-refractivity contribution < 1.29 is 9.59 Å². The minimum atomic E-state index is -0.599. The second-order valence-electron chi connectivity index (χ2n) is 3.86. The zero-order chi connectivity index (χ0) is 13.4. The molecule has 1 aromatic rings. The Morgan fingerprint density at radius 3 is 2.56 bits per heavy atom. The van der Waals surface area contributed by atoms with Crippen LogP contribution in [0.3, 0.4) is 0 Å².